The Balaban J connectivity index is 2.46. The third-order valence-corrected chi connectivity index (χ3v) is 1.92. The van der Waals surface area contributed by atoms with Crippen LogP contribution in [-0.2, 0) is 7.05 Å². The predicted molar refractivity (Wildman–Crippen MR) is 50.4 cm³/mol. The first kappa shape index (κ1) is 9.45. The summed E-state index contributed by atoms with van der Waals surface area (Å²) >= 11 is 0. The van der Waals surface area contributed by atoms with Gasteiger partial charge in [0.05, 0.1) is 5.69 Å². The highest BCUT2D eigenvalue weighted by Crippen LogP contribution is 2.19. The van der Waals surface area contributed by atoms with Crippen LogP contribution in [0.15, 0.2) is 16.7 Å². The quantitative estimate of drug-likeness (QED) is 0.796. The Hall–Kier alpha value is -2.11. The van der Waals surface area contributed by atoms with E-state index in [2.05, 4.69) is 10.1 Å². The molecule has 78 valence electrons. The van der Waals surface area contributed by atoms with E-state index in [1.807, 2.05) is 0 Å². The first-order chi connectivity index (χ1) is 7.08. The molecule has 0 unspecified atom stereocenters. The Bertz CT molecular complexity index is 512. The van der Waals surface area contributed by atoms with Crippen molar-refractivity contribution < 1.29 is 14.3 Å². The molecular weight excluding hydrogens is 198 g/mol. The zero-order chi connectivity index (χ0) is 11.0. The summed E-state index contributed by atoms with van der Waals surface area (Å²) in [5, 5.41) is 12.8. The van der Waals surface area contributed by atoms with Gasteiger partial charge in [-0.15, -0.1) is 0 Å². The van der Waals surface area contributed by atoms with Gasteiger partial charge in [-0.25, -0.2) is 9.78 Å². The number of aromatic nitrogens is 3. The lowest BCUT2D eigenvalue weighted by atomic mass is 10.4. The topological polar surface area (TPSA) is 81.2 Å². The summed E-state index contributed by atoms with van der Waals surface area (Å²) in [6.45, 7) is 1.58. The second-order valence-corrected chi connectivity index (χ2v) is 3.11. The smallest absolute Gasteiger partial charge is 0.373 e. The van der Waals surface area contributed by atoms with Crippen LogP contribution >= 0.6 is 0 Å². The number of aryl methyl sites for hydroxylation is 2. The number of carboxylic acid groups (broad SMARTS) is 1. The number of carboxylic acids is 1. The number of carbonyl (C=O) groups is 1. The van der Waals surface area contributed by atoms with Crippen molar-refractivity contribution in [3.63, 3.8) is 0 Å². The molecule has 2 aromatic rings. The summed E-state index contributed by atoms with van der Waals surface area (Å²) in [5.41, 5.74) is 0.872. The minimum atomic E-state index is -1.12. The Morgan fingerprint density at radius 2 is 2.33 bits per heavy atom. The van der Waals surface area contributed by atoms with Gasteiger partial charge in [0.25, 0.3) is 0 Å². The second-order valence-electron chi connectivity index (χ2n) is 3.11. The number of rotatable bonds is 2. The standard InChI is InChI=1S/C9H9N3O3/c1-5-7(9(13)14)15-8(10-5)6-3-4-12(2)11-6/h3-4H,1-2H3,(H,13,14). The third-order valence-electron chi connectivity index (χ3n) is 1.92. The number of hydrogen-bond donors (Lipinski definition) is 1. The van der Waals surface area contributed by atoms with Crippen molar-refractivity contribution in [1.29, 1.82) is 0 Å². The fourth-order valence-corrected chi connectivity index (χ4v) is 1.23. The van der Waals surface area contributed by atoms with Crippen molar-refractivity contribution in [3.8, 4) is 11.6 Å². The van der Waals surface area contributed by atoms with Gasteiger partial charge in [0.1, 0.15) is 5.69 Å². The van der Waals surface area contributed by atoms with Gasteiger partial charge in [0.15, 0.2) is 0 Å². The van der Waals surface area contributed by atoms with Crippen LogP contribution in [0.1, 0.15) is 16.2 Å². The van der Waals surface area contributed by atoms with Crippen LogP contribution in [-0.4, -0.2) is 25.8 Å². The fourth-order valence-electron chi connectivity index (χ4n) is 1.23. The zero-order valence-corrected chi connectivity index (χ0v) is 8.26. The molecule has 0 saturated carbocycles. The highest BCUT2D eigenvalue weighted by atomic mass is 16.4. The largest absolute Gasteiger partial charge is 0.475 e. The van der Waals surface area contributed by atoms with E-state index in [1.54, 1.807) is 30.9 Å². The molecule has 2 aromatic heterocycles. The number of nitrogens with zero attached hydrogens (tertiary/aromatic N) is 3. The minimum absolute atomic E-state index is 0.143. The van der Waals surface area contributed by atoms with Crippen LogP contribution in [0, 0.1) is 6.92 Å². The Labute approximate surface area is 85.2 Å². The van der Waals surface area contributed by atoms with Gasteiger partial charge in [0, 0.05) is 13.2 Å². The van der Waals surface area contributed by atoms with E-state index in [-0.39, 0.29) is 11.7 Å². The number of aromatic carboxylic acids is 1. The summed E-state index contributed by atoms with van der Waals surface area (Å²) in [7, 11) is 1.76. The number of hydrogen-bond acceptors (Lipinski definition) is 4. The lowest BCUT2D eigenvalue weighted by molar-refractivity contribution is 0.0662. The van der Waals surface area contributed by atoms with Crippen molar-refractivity contribution >= 4 is 5.97 Å². The normalized spacial score (nSPS) is 10.5. The van der Waals surface area contributed by atoms with E-state index in [0.717, 1.165) is 0 Å². The van der Waals surface area contributed by atoms with Crippen molar-refractivity contribution in [3.05, 3.63) is 23.7 Å². The third kappa shape index (κ3) is 1.61. The molecule has 0 fully saturated rings. The molecule has 0 aromatic carbocycles. The average Bonchev–Trinajstić information content (AvgIpc) is 2.71. The maximum atomic E-state index is 10.7. The molecule has 1 N–H and O–H groups in total. The van der Waals surface area contributed by atoms with Crippen LogP contribution in [0.3, 0.4) is 0 Å². The van der Waals surface area contributed by atoms with Gasteiger partial charge in [-0.2, -0.15) is 5.10 Å². The van der Waals surface area contributed by atoms with Crippen molar-refractivity contribution in [2.45, 2.75) is 6.92 Å². The van der Waals surface area contributed by atoms with Crippen LogP contribution < -0.4 is 0 Å². The SMILES string of the molecule is Cc1nc(-c2ccn(C)n2)oc1C(=O)O. The van der Waals surface area contributed by atoms with Gasteiger partial charge in [-0.3, -0.25) is 4.68 Å². The van der Waals surface area contributed by atoms with E-state index in [9.17, 15) is 4.79 Å². The van der Waals surface area contributed by atoms with E-state index in [1.165, 1.54) is 0 Å². The maximum absolute atomic E-state index is 10.7. The van der Waals surface area contributed by atoms with E-state index in [4.69, 9.17) is 9.52 Å². The summed E-state index contributed by atoms with van der Waals surface area (Å²) in [5.74, 6) is -1.04. The maximum Gasteiger partial charge on any atom is 0.373 e. The first-order valence-electron chi connectivity index (χ1n) is 4.28. The molecule has 0 saturated heterocycles. The molecule has 2 rings (SSSR count). The van der Waals surface area contributed by atoms with E-state index in [0.29, 0.717) is 11.4 Å². The van der Waals surface area contributed by atoms with Crippen LogP contribution in [0.5, 0.6) is 0 Å². The fraction of sp³-hybridized carbons (Fsp3) is 0.222. The monoisotopic (exact) mass is 207 g/mol. The average molecular weight is 207 g/mol. The van der Waals surface area contributed by atoms with Gasteiger partial charge in [0.2, 0.25) is 11.7 Å². The summed E-state index contributed by atoms with van der Waals surface area (Å²) < 4.78 is 6.68. The van der Waals surface area contributed by atoms with Crippen molar-refractivity contribution in [2.24, 2.45) is 7.05 Å². The number of oxazole rings is 1. The predicted octanol–water partition coefficient (Wildman–Crippen LogP) is 1.08. The molecule has 0 amide bonds. The molecule has 15 heavy (non-hydrogen) atoms. The molecule has 0 aliphatic carbocycles. The summed E-state index contributed by atoms with van der Waals surface area (Å²) in [4.78, 5) is 14.7. The second kappa shape index (κ2) is 3.23. The molecule has 0 aliphatic heterocycles. The van der Waals surface area contributed by atoms with Gasteiger partial charge in [-0.1, -0.05) is 0 Å². The molecule has 0 aliphatic rings. The van der Waals surface area contributed by atoms with E-state index >= 15 is 0 Å². The summed E-state index contributed by atoms with van der Waals surface area (Å²) in [6.07, 6.45) is 1.73. The van der Waals surface area contributed by atoms with Gasteiger partial charge >= 0.3 is 5.97 Å². The highest BCUT2D eigenvalue weighted by molar-refractivity contribution is 5.85. The molecule has 6 nitrogen and oxygen atoms in total. The zero-order valence-electron chi connectivity index (χ0n) is 8.26. The highest BCUT2D eigenvalue weighted by Gasteiger charge is 2.18. The Morgan fingerprint density at radius 1 is 1.60 bits per heavy atom. The van der Waals surface area contributed by atoms with Crippen molar-refractivity contribution in [1.82, 2.24) is 14.8 Å². The van der Waals surface area contributed by atoms with Gasteiger partial charge < -0.3 is 9.52 Å². The van der Waals surface area contributed by atoms with Crippen LogP contribution in [0.25, 0.3) is 11.6 Å². The Morgan fingerprint density at radius 3 is 2.80 bits per heavy atom. The molecule has 0 atom stereocenters. The van der Waals surface area contributed by atoms with Crippen LogP contribution in [0.2, 0.25) is 0 Å². The van der Waals surface area contributed by atoms with Crippen LogP contribution in [0.4, 0.5) is 0 Å². The van der Waals surface area contributed by atoms with Gasteiger partial charge in [-0.05, 0) is 13.0 Å². The molecular formula is C9H9N3O3. The molecule has 0 bridgehead atoms. The molecule has 0 spiro atoms. The molecule has 0 radical (unpaired) electrons. The molecule has 6 heteroatoms. The Kier molecular flexibility index (Phi) is 2.03. The van der Waals surface area contributed by atoms with Crippen molar-refractivity contribution in [2.75, 3.05) is 0 Å². The lowest BCUT2D eigenvalue weighted by Crippen LogP contribution is -1.95. The lowest BCUT2D eigenvalue weighted by Gasteiger charge is -1.87. The van der Waals surface area contributed by atoms with E-state index < -0.39 is 5.97 Å². The molecule has 2 heterocycles. The first-order valence-corrected chi connectivity index (χ1v) is 4.28. The minimum Gasteiger partial charge on any atom is -0.475 e. The summed E-state index contributed by atoms with van der Waals surface area (Å²) in [6, 6.07) is 1.71.